The van der Waals surface area contributed by atoms with Gasteiger partial charge in [-0.2, -0.15) is 0 Å². The maximum atomic E-state index is 6.26. The average molecular weight is 345 g/mol. The summed E-state index contributed by atoms with van der Waals surface area (Å²) in [7, 11) is 0. The molecule has 3 aliphatic rings. The third-order valence-corrected chi connectivity index (χ3v) is 5.71. The minimum atomic E-state index is 0.454. The Morgan fingerprint density at radius 2 is 1.88 bits per heavy atom. The van der Waals surface area contributed by atoms with Crippen molar-refractivity contribution in [1.29, 1.82) is 0 Å². The highest BCUT2D eigenvalue weighted by Gasteiger charge is 2.36. The molecule has 3 heteroatoms. The quantitative estimate of drug-likeness (QED) is 0.764. The minimum absolute atomic E-state index is 0.454. The number of allylic oxidation sites excluding steroid dienone is 2. The number of hydrogen-bond donors (Lipinski definition) is 2. The van der Waals surface area contributed by atoms with Gasteiger partial charge in [0, 0.05) is 10.9 Å². The van der Waals surface area contributed by atoms with E-state index in [1.54, 1.807) is 5.57 Å². The summed E-state index contributed by atoms with van der Waals surface area (Å²) in [4.78, 5) is 0. The topological polar surface area (TPSA) is 24.1 Å². The fourth-order valence-corrected chi connectivity index (χ4v) is 4.61. The molecule has 4 rings (SSSR count). The van der Waals surface area contributed by atoms with Crippen molar-refractivity contribution in [3.63, 3.8) is 0 Å². The Labute approximate surface area is 151 Å². The van der Waals surface area contributed by atoms with Gasteiger partial charge in [0.1, 0.15) is 0 Å². The number of piperidine rings is 1. The molecule has 2 heterocycles. The maximum absolute atomic E-state index is 6.26. The van der Waals surface area contributed by atoms with E-state index in [9.17, 15) is 0 Å². The van der Waals surface area contributed by atoms with Crippen LogP contribution in [0.15, 0.2) is 42.1 Å². The Morgan fingerprint density at radius 1 is 1.08 bits per heavy atom. The van der Waals surface area contributed by atoms with Gasteiger partial charge in [0.25, 0.3) is 0 Å². The number of halogens is 1. The number of aryl methyl sites for hydroxylation is 1. The molecule has 0 bridgehead atoms. The van der Waals surface area contributed by atoms with Crippen LogP contribution >= 0.6 is 11.6 Å². The van der Waals surface area contributed by atoms with Gasteiger partial charge in [-0.05, 0) is 85.8 Å². The van der Waals surface area contributed by atoms with Crippen LogP contribution in [0.3, 0.4) is 0 Å². The summed E-state index contributed by atoms with van der Waals surface area (Å²) in [6.45, 7) is 6.29. The van der Waals surface area contributed by atoms with Crippen LogP contribution in [0.5, 0.6) is 0 Å². The lowest BCUT2D eigenvalue weighted by Crippen LogP contribution is -2.41. The van der Waals surface area contributed by atoms with Crippen molar-refractivity contribution in [2.24, 2.45) is 5.92 Å². The molecule has 0 aromatic heterocycles. The molecule has 2 atom stereocenters. The second kappa shape index (κ2) is 8.22. The number of rotatable bonds is 1. The van der Waals surface area contributed by atoms with E-state index in [-0.39, 0.29) is 0 Å². The van der Waals surface area contributed by atoms with Gasteiger partial charge in [-0.15, -0.1) is 0 Å². The Bertz CT molecular complexity index is 614. The lowest BCUT2D eigenvalue weighted by atomic mass is 9.74. The van der Waals surface area contributed by atoms with E-state index < -0.39 is 0 Å². The Kier molecular flexibility index (Phi) is 6.02. The molecule has 2 nitrogen and oxygen atoms in total. The molecule has 2 N–H and O–H groups in total. The number of fused-ring (bicyclic) bond motifs is 2. The van der Waals surface area contributed by atoms with E-state index in [0.29, 0.717) is 12.0 Å². The molecular formula is C21H29ClN2. The summed E-state index contributed by atoms with van der Waals surface area (Å²) in [5.74, 6) is 1.31. The van der Waals surface area contributed by atoms with Crippen LogP contribution < -0.4 is 10.6 Å². The molecule has 2 aliphatic heterocycles. The highest BCUT2D eigenvalue weighted by molar-refractivity contribution is 6.30. The summed E-state index contributed by atoms with van der Waals surface area (Å²) in [6, 6.07) is 7.00. The first kappa shape index (κ1) is 17.6. The standard InChI is InChI=1S/C19H23ClN2.C2H6/c20-16-5-6-17-15(12-16)4-3-14-2-1-9-22-19(14)18(17)13-7-10-21-11-8-13;1-2/h1-2,5-6,9,12-13,18-19,21-22H,3-4,7-8,10-11H2;1-2H3. The van der Waals surface area contributed by atoms with E-state index in [1.807, 2.05) is 13.8 Å². The van der Waals surface area contributed by atoms with Gasteiger partial charge in [0.15, 0.2) is 0 Å². The van der Waals surface area contributed by atoms with Crippen molar-refractivity contribution in [2.45, 2.75) is 51.5 Å². The highest BCUT2D eigenvalue weighted by atomic mass is 35.5. The third kappa shape index (κ3) is 3.55. The molecular weight excluding hydrogens is 316 g/mol. The molecule has 1 aliphatic carbocycles. The van der Waals surface area contributed by atoms with E-state index in [4.69, 9.17) is 11.6 Å². The molecule has 1 aromatic carbocycles. The number of hydrogen-bond acceptors (Lipinski definition) is 2. The van der Waals surface area contributed by atoms with Crippen molar-refractivity contribution >= 4 is 11.6 Å². The molecule has 0 radical (unpaired) electrons. The van der Waals surface area contributed by atoms with Gasteiger partial charge in [-0.1, -0.05) is 37.6 Å². The SMILES string of the molecule is CC.Clc1ccc2c(c1)CCC1=CC=CNC1C2C1CCNCC1. The van der Waals surface area contributed by atoms with Gasteiger partial charge in [0.2, 0.25) is 0 Å². The van der Waals surface area contributed by atoms with E-state index >= 15 is 0 Å². The largest absolute Gasteiger partial charge is 0.384 e. The van der Waals surface area contributed by atoms with Crippen LogP contribution in [0.1, 0.15) is 50.2 Å². The summed E-state index contributed by atoms with van der Waals surface area (Å²) >= 11 is 6.26. The maximum Gasteiger partial charge on any atom is 0.0542 e. The third-order valence-electron chi connectivity index (χ3n) is 5.48. The van der Waals surface area contributed by atoms with Crippen molar-refractivity contribution < 1.29 is 0 Å². The molecule has 24 heavy (non-hydrogen) atoms. The number of benzene rings is 1. The van der Waals surface area contributed by atoms with Gasteiger partial charge in [0.05, 0.1) is 6.04 Å². The molecule has 0 saturated carbocycles. The zero-order valence-electron chi connectivity index (χ0n) is 14.8. The van der Waals surface area contributed by atoms with Gasteiger partial charge in [-0.25, -0.2) is 0 Å². The number of dihydropyridines is 1. The predicted molar refractivity (Wildman–Crippen MR) is 104 cm³/mol. The molecule has 0 amide bonds. The van der Waals surface area contributed by atoms with Crippen LogP contribution in [0.2, 0.25) is 5.02 Å². The molecule has 1 fully saturated rings. The van der Waals surface area contributed by atoms with Crippen LogP contribution in [0.4, 0.5) is 0 Å². The van der Waals surface area contributed by atoms with E-state index in [2.05, 4.69) is 47.2 Å². The molecule has 0 spiro atoms. The highest BCUT2D eigenvalue weighted by Crippen LogP contribution is 2.42. The molecule has 1 aromatic rings. The first-order valence-corrected chi connectivity index (χ1v) is 9.81. The van der Waals surface area contributed by atoms with E-state index in [1.165, 1.54) is 24.0 Å². The Morgan fingerprint density at radius 3 is 2.67 bits per heavy atom. The number of nitrogens with one attached hydrogen (secondary N) is 2. The van der Waals surface area contributed by atoms with Crippen molar-refractivity contribution in [2.75, 3.05) is 13.1 Å². The van der Waals surface area contributed by atoms with Gasteiger partial charge < -0.3 is 10.6 Å². The zero-order chi connectivity index (χ0) is 16.9. The smallest absolute Gasteiger partial charge is 0.0542 e. The fourth-order valence-electron chi connectivity index (χ4n) is 4.42. The first-order chi connectivity index (χ1) is 11.8. The summed E-state index contributed by atoms with van der Waals surface area (Å²) in [6.07, 6.45) is 11.4. The van der Waals surface area contributed by atoms with E-state index in [0.717, 1.165) is 36.9 Å². The molecule has 2 unspecified atom stereocenters. The molecule has 1 saturated heterocycles. The first-order valence-electron chi connectivity index (χ1n) is 9.43. The normalized spacial score (nSPS) is 26.0. The second-order valence-electron chi connectivity index (χ2n) is 6.70. The minimum Gasteiger partial charge on any atom is -0.384 e. The van der Waals surface area contributed by atoms with Crippen LogP contribution in [-0.2, 0) is 6.42 Å². The zero-order valence-corrected chi connectivity index (χ0v) is 15.6. The summed E-state index contributed by atoms with van der Waals surface area (Å²) in [5.41, 5.74) is 4.53. The Balaban J connectivity index is 0.000000815. The fraction of sp³-hybridized carbons (Fsp3) is 0.524. The van der Waals surface area contributed by atoms with Crippen molar-refractivity contribution in [1.82, 2.24) is 10.6 Å². The summed E-state index contributed by atoms with van der Waals surface area (Å²) in [5, 5.41) is 8.03. The second-order valence-corrected chi connectivity index (χ2v) is 7.14. The van der Waals surface area contributed by atoms with Gasteiger partial charge in [-0.3, -0.25) is 0 Å². The Hall–Kier alpha value is -1.25. The van der Waals surface area contributed by atoms with Crippen LogP contribution in [0, 0.1) is 5.92 Å². The lowest BCUT2D eigenvalue weighted by molar-refractivity contribution is 0.288. The van der Waals surface area contributed by atoms with Gasteiger partial charge >= 0.3 is 0 Å². The predicted octanol–water partition coefficient (Wildman–Crippen LogP) is 4.81. The molecule has 130 valence electrons. The monoisotopic (exact) mass is 344 g/mol. The summed E-state index contributed by atoms with van der Waals surface area (Å²) < 4.78 is 0. The van der Waals surface area contributed by atoms with Crippen LogP contribution in [0.25, 0.3) is 0 Å². The van der Waals surface area contributed by atoms with Crippen LogP contribution in [-0.4, -0.2) is 19.1 Å². The average Bonchev–Trinajstić information content (AvgIpc) is 2.81. The lowest BCUT2D eigenvalue weighted by Gasteiger charge is -2.38. The van der Waals surface area contributed by atoms with Crippen molar-refractivity contribution in [3.8, 4) is 0 Å². The van der Waals surface area contributed by atoms with Crippen molar-refractivity contribution in [3.05, 3.63) is 58.3 Å².